The van der Waals surface area contributed by atoms with Crippen molar-refractivity contribution in [3.8, 4) is 5.75 Å². The number of nitrogens with one attached hydrogen (secondary N) is 1. The van der Waals surface area contributed by atoms with Gasteiger partial charge < -0.3 is 4.74 Å². The van der Waals surface area contributed by atoms with Gasteiger partial charge in [0.15, 0.2) is 0 Å². The summed E-state index contributed by atoms with van der Waals surface area (Å²) < 4.78 is 42.2. The minimum atomic E-state index is -3.55. The molecule has 19 heavy (non-hydrogen) atoms. The largest absolute Gasteiger partial charge is 0.492 e. The normalized spacial score (nSPS) is 11.2. The van der Waals surface area contributed by atoms with Crippen LogP contribution in [0.2, 0.25) is 0 Å². The molecule has 9 heteroatoms. The van der Waals surface area contributed by atoms with Crippen LogP contribution in [-0.2, 0) is 10.0 Å². The van der Waals surface area contributed by atoms with E-state index >= 15 is 0 Å². The summed E-state index contributed by atoms with van der Waals surface area (Å²) in [6, 6.07) is 5.32. The predicted octanol–water partition coefficient (Wildman–Crippen LogP) is 0.369. The first-order valence-corrected chi connectivity index (χ1v) is 6.94. The zero-order valence-corrected chi connectivity index (χ0v) is 10.5. The topological polar surface area (TPSA) is 86.1 Å². The van der Waals surface area contributed by atoms with Crippen LogP contribution in [-0.4, -0.2) is 35.7 Å². The first-order valence-electron chi connectivity index (χ1n) is 5.29. The van der Waals surface area contributed by atoms with Crippen LogP contribution in [0.1, 0.15) is 0 Å². The lowest BCUT2D eigenvalue weighted by Crippen LogP contribution is -2.27. The Kier molecular flexibility index (Phi) is 3.95. The number of sulfonamides is 1. The Balaban J connectivity index is 1.83. The maximum absolute atomic E-state index is 12.6. The number of benzene rings is 1. The van der Waals surface area contributed by atoms with Crippen LogP contribution < -0.4 is 9.57 Å². The lowest BCUT2D eigenvalue weighted by molar-refractivity contribution is 0.340. The van der Waals surface area contributed by atoms with Gasteiger partial charge in [-0.15, -0.1) is 10.2 Å². The molecule has 102 valence electrons. The Bertz CT molecular complexity index is 613. The summed E-state index contributed by atoms with van der Waals surface area (Å²) in [6.45, 7) is -0.0525. The number of hydrogen-bond donors (Lipinski definition) is 1. The highest BCUT2D eigenvalue weighted by Crippen LogP contribution is 2.10. The molecule has 2 aromatic rings. The second kappa shape index (κ2) is 5.65. The van der Waals surface area contributed by atoms with Crippen LogP contribution in [0.4, 0.5) is 4.39 Å². The van der Waals surface area contributed by atoms with Crippen LogP contribution >= 0.6 is 0 Å². The molecule has 0 unspecified atom stereocenters. The second-order valence-electron chi connectivity index (χ2n) is 3.58. The summed E-state index contributed by atoms with van der Waals surface area (Å²) in [5.41, 5.74) is 0. The molecule has 0 radical (unpaired) electrons. The fourth-order valence-electron chi connectivity index (χ4n) is 1.25. The first kappa shape index (κ1) is 13.3. The average molecular weight is 286 g/mol. The van der Waals surface area contributed by atoms with Gasteiger partial charge >= 0.3 is 0 Å². The molecule has 0 spiro atoms. The molecule has 1 heterocycles. The highest BCUT2D eigenvalue weighted by atomic mass is 32.2. The van der Waals surface area contributed by atoms with E-state index in [-0.39, 0.29) is 18.2 Å². The van der Waals surface area contributed by atoms with E-state index in [0.29, 0.717) is 5.75 Å². The number of rotatable bonds is 6. The van der Waals surface area contributed by atoms with Crippen molar-refractivity contribution in [3.63, 3.8) is 0 Å². The van der Waals surface area contributed by atoms with E-state index in [1.165, 1.54) is 36.9 Å². The maximum atomic E-state index is 12.6. The molecule has 1 N–H and O–H groups in total. The number of nitrogens with zero attached hydrogens (tertiary/aromatic N) is 3. The van der Waals surface area contributed by atoms with Crippen molar-refractivity contribution in [2.75, 3.05) is 17.2 Å². The third-order valence-corrected chi connectivity index (χ3v) is 3.29. The molecule has 1 aromatic heterocycles. The standard InChI is InChI=1S/C10H11FN4O3S/c11-9-1-3-10(4-2-9)18-5-6-19(16,17)14-15-7-12-13-8-15/h1-4,7-8,14H,5-6H2. The Labute approximate surface area is 109 Å². The number of halogens is 1. The van der Waals surface area contributed by atoms with E-state index in [9.17, 15) is 12.8 Å². The molecular weight excluding hydrogens is 275 g/mol. The summed E-state index contributed by atoms with van der Waals surface area (Å²) in [6.07, 6.45) is 2.44. The van der Waals surface area contributed by atoms with Gasteiger partial charge in [-0.25, -0.2) is 22.3 Å². The van der Waals surface area contributed by atoms with Crippen LogP contribution in [0.5, 0.6) is 5.75 Å². The molecule has 0 saturated carbocycles. The van der Waals surface area contributed by atoms with E-state index in [2.05, 4.69) is 15.0 Å². The summed E-state index contributed by atoms with van der Waals surface area (Å²) >= 11 is 0. The number of ether oxygens (including phenoxy) is 1. The van der Waals surface area contributed by atoms with Crippen LogP contribution in [0.25, 0.3) is 0 Å². The van der Waals surface area contributed by atoms with Gasteiger partial charge in [0.2, 0.25) is 10.0 Å². The molecule has 0 saturated heterocycles. The van der Waals surface area contributed by atoms with E-state index in [0.717, 1.165) is 4.68 Å². The molecule has 0 atom stereocenters. The summed E-state index contributed by atoms with van der Waals surface area (Å²) in [7, 11) is -3.55. The van der Waals surface area contributed by atoms with E-state index in [1.54, 1.807) is 0 Å². The summed E-state index contributed by atoms with van der Waals surface area (Å²) in [5.74, 6) is -0.224. The SMILES string of the molecule is O=S(=O)(CCOc1ccc(F)cc1)Nn1cnnc1. The highest BCUT2D eigenvalue weighted by Gasteiger charge is 2.10. The van der Waals surface area contributed by atoms with Crippen molar-refractivity contribution in [1.29, 1.82) is 0 Å². The van der Waals surface area contributed by atoms with Crippen LogP contribution in [0.3, 0.4) is 0 Å². The third-order valence-electron chi connectivity index (χ3n) is 2.10. The quantitative estimate of drug-likeness (QED) is 0.829. The van der Waals surface area contributed by atoms with Gasteiger partial charge in [-0.05, 0) is 24.3 Å². The monoisotopic (exact) mass is 286 g/mol. The molecule has 0 aliphatic rings. The minimum Gasteiger partial charge on any atom is -0.492 e. The molecule has 0 bridgehead atoms. The molecule has 1 aromatic carbocycles. The second-order valence-corrected chi connectivity index (χ2v) is 5.40. The van der Waals surface area contributed by atoms with Crippen molar-refractivity contribution >= 4 is 10.0 Å². The van der Waals surface area contributed by atoms with E-state index in [1.807, 2.05) is 0 Å². The first-order chi connectivity index (χ1) is 9.05. The fraction of sp³-hybridized carbons (Fsp3) is 0.200. The average Bonchev–Trinajstić information content (AvgIpc) is 2.83. The Hall–Kier alpha value is -2.16. The number of hydrogen-bond acceptors (Lipinski definition) is 5. The van der Waals surface area contributed by atoms with Gasteiger partial charge in [0.25, 0.3) is 0 Å². The van der Waals surface area contributed by atoms with Crippen molar-refractivity contribution < 1.29 is 17.5 Å². The van der Waals surface area contributed by atoms with Crippen LogP contribution in [0, 0.1) is 5.82 Å². The van der Waals surface area contributed by atoms with Gasteiger partial charge in [-0.2, -0.15) is 0 Å². The van der Waals surface area contributed by atoms with Crippen LogP contribution in [0.15, 0.2) is 36.9 Å². The zero-order chi connectivity index (χ0) is 13.7. The van der Waals surface area contributed by atoms with E-state index < -0.39 is 10.0 Å². The highest BCUT2D eigenvalue weighted by molar-refractivity contribution is 7.92. The van der Waals surface area contributed by atoms with Crippen molar-refractivity contribution in [2.45, 2.75) is 0 Å². The minimum absolute atomic E-state index is 0.0525. The smallest absolute Gasteiger partial charge is 0.249 e. The number of aromatic nitrogens is 3. The Morgan fingerprint density at radius 3 is 2.47 bits per heavy atom. The van der Waals surface area contributed by atoms with Gasteiger partial charge in [-0.3, -0.25) is 0 Å². The third kappa shape index (κ3) is 4.21. The van der Waals surface area contributed by atoms with Crippen molar-refractivity contribution in [3.05, 3.63) is 42.7 Å². The van der Waals surface area contributed by atoms with Gasteiger partial charge in [0.05, 0.1) is 0 Å². The molecule has 0 aliphatic carbocycles. The van der Waals surface area contributed by atoms with Crippen molar-refractivity contribution in [1.82, 2.24) is 14.9 Å². The fourth-order valence-corrected chi connectivity index (χ4v) is 2.06. The summed E-state index contributed by atoms with van der Waals surface area (Å²) in [5, 5.41) is 6.92. The van der Waals surface area contributed by atoms with E-state index in [4.69, 9.17) is 4.74 Å². The molecular formula is C10H11FN4O3S. The predicted molar refractivity (Wildman–Crippen MR) is 65.1 cm³/mol. The maximum Gasteiger partial charge on any atom is 0.249 e. The Morgan fingerprint density at radius 2 is 1.84 bits per heavy atom. The van der Waals surface area contributed by atoms with Gasteiger partial charge in [0.1, 0.15) is 36.6 Å². The van der Waals surface area contributed by atoms with Gasteiger partial charge in [0, 0.05) is 0 Å². The summed E-state index contributed by atoms with van der Waals surface area (Å²) in [4.78, 5) is 2.22. The molecule has 2 rings (SSSR count). The van der Waals surface area contributed by atoms with Gasteiger partial charge in [-0.1, -0.05) is 0 Å². The lowest BCUT2D eigenvalue weighted by Gasteiger charge is -2.08. The Morgan fingerprint density at radius 1 is 1.21 bits per heavy atom. The zero-order valence-electron chi connectivity index (χ0n) is 9.73. The lowest BCUT2D eigenvalue weighted by atomic mass is 10.3. The molecule has 0 aliphatic heterocycles. The van der Waals surface area contributed by atoms with Crippen molar-refractivity contribution in [2.24, 2.45) is 0 Å². The molecule has 7 nitrogen and oxygen atoms in total. The molecule has 0 amide bonds. The molecule has 0 fully saturated rings.